The van der Waals surface area contributed by atoms with Crippen LogP contribution in [0.3, 0.4) is 0 Å². The van der Waals surface area contributed by atoms with Gasteiger partial charge in [-0.1, -0.05) is 19.1 Å². The minimum atomic E-state index is -0.0803. The monoisotopic (exact) mass is 358 g/mol. The number of carbonyl (C=O) groups excluding carboxylic acids is 1. The number of rotatable bonds is 4. The molecule has 2 atom stereocenters. The lowest BCUT2D eigenvalue weighted by Crippen LogP contribution is -2.57. The number of hydrogen-bond donors (Lipinski definition) is 0. The van der Waals surface area contributed by atoms with Gasteiger partial charge in [0.15, 0.2) is 0 Å². The molecule has 142 valence electrons. The zero-order valence-electron chi connectivity index (χ0n) is 15.9. The Kier molecular flexibility index (Phi) is 4.93. The van der Waals surface area contributed by atoms with Gasteiger partial charge < -0.3 is 14.4 Å². The van der Waals surface area contributed by atoms with Gasteiger partial charge in [0.05, 0.1) is 19.3 Å². The average Bonchev–Trinajstić information content (AvgIpc) is 3.39. The summed E-state index contributed by atoms with van der Waals surface area (Å²) in [4.78, 5) is 17.0. The standard InChI is InChI=1S/C21H30N2O3/c1-16-12-19(16)20(24)23-8-6-21(7-9-23)15-22(10-11-26-21)14-17-4-3-5-18(13-17)25-2/h3-5,13,16,19H,6-12,14-15H2,1-2H3. The van der Waals surface area contributed by atoms with Gasteiger partial charge in [-0.3, -0.25) is 9.69 Å². The maximum atomic E-state index is 12.5. The second-order valence-electron chi connectivity index (χ2n) is 8.24. The van der Waals surface area contributed by atoms with Gasteiger partial charge >= 0.3 is 0 Å². The predicted molar refractivity (Wildman–Crippen MR) is 100 cm³/mol. The van der Waals surface area contributed by atoms with Crippen molar-refractivity contribution in [1.82, 2.24) is 9.80 Å². The molecular weight excluding hydrogens is 328 g/mol. The summed E-state index contributed by atoms with van der Waals surface area (Å²) in [5, 5.41) is 0. The van der Waals surface area contributed by atoms with E-state index in [1.165, 1.54) is 5.56 Å². The van der Waals surface area contributed by atoms with Crippen molar-refractivity contribution >= 4 is 5.91 Å². The molecule has 2 aliphatic heterocycles. The van der Waals surface area contributed by atoms with Crippen molar-refractivity contribution in [2.24, 2.45) is 11.8 Å². The number of hydrogen-bond acceptors (Lipinski definition) is 4. The Labute approximate surface area is 156 Å². The smallest absolute Gasteiger partial charge is 0.225 e. The highest BCUT2D eigenvalue weighted by molar-refractivity contribution is 5.81. The van der Waals surface area contributed by atoms with Gasteiger partial charge in [0, 0.05) is 38.6 Å². The molecule has 1 spiro atoms. The topological polar surface area (TPSA) is 42.0 Å². The zero-order chi connectivity index (χ0) is 18.1. The first-order valence-electron chi connectivity index (χ1n) is 9.87. The molecule has 1 aromatic rings. The van der Waals surface area contributed by atoms with E-state index in [9.17, 15) is 4.79 Å². The predicted octanol–water partition coefficient (Wildman–Crippen LogP) is 2.54. The summed E-state index contributed by atoms with van der Waals surface area (Å²) >= 11 is 0. The van der Waals surface area contributed by atoms with E-state index < -0.39 is 0 Å². The van der Waals surface area contributed by atoms with Gasteiger partial charge in [-0.25, -0.2) is 0 Å². The summed E-state index contributed by atoms with van der Waals surface area (Å²) in [5.74, 6) is 2.16. The van der Waals surface area contributed by atoms with E-state index in [-0.39, 0.29) is 5.60 Å². The molecule has 2 heterocycles. The van der Waals surface area contributed by atoms with Crippen LogP contribution in [0.1, 0.15) is 31.7 Å². The molecule has 0 bridgehead atoms. The fourth-order valence-corrected chi connectivity index (χ4v) is 4.43. The largest absolute Gasteiger partial charge is 0.497 e. The lowest BCUT2D eigenvalue weighted by atomic mass is 9.89. The highest BCUT2D eigenvalue weighted by atomic mass is 16.5. The van der Waals surface area contributed by atoms with Gasteiger partial charge in [-0.2, -0.15) is 0 Å². The maximum Gasteiger partial charge on any atom is 0.225 e. The Bertz CT molecular complexity index is 654. The summed E-state index contributed by atoms with van der Waals surface area (Å²) in [6.45, 7) is 7.47. The first kappa shape index (κ1) is 17.8. The van der Waals surface area contributed by atoms with Crippen LogP contribution in [-0.4, -0.2) is 61.2 Å². The molecule has 0 radical (unpaired) electrons. The lowest BCUT2D eigenvalue weighted by Gasteiger charge is -2.47. The van der Waals surface area contributed by atoms with Crippen LogP contribution >= 0.6 is 0 Å². The third kappa shape index (κ3) is 3.74. The number of morpholine rings is 1. The van der Waals surface area contributed by atoms with Gasteiger partial charge in [-0.15, -0.1) is 0 Å². The summed E-state index contributed by atoms with van der Waals surface area (Å²) in [5.41, 5.74) is 1.19. The van der Waals surface area contributed by atoms with E-state index in [0.717, 1.165) is 64.3 Å². The molecular formula is C21H30N2O3. The molecule has 5 nitrogen and oxygen atoms in total. The van der Waals surface area contributed by atoms with E-state index in [4.69, 9.17) is 9.47 Å². The number of ether oxygens (including phenoxy) is 2. The first-order valence-corrected chi connectivity index (χ1v) is 9.87. The molecule has 0 N–H and O–H groups in total. The Morgan fingerprint density at radius 3 is 2.77 bits per heavy atom. The summed E-state index contributed by atoms with van der Waals surface area (Å²) in [7, 11) is 1.71. The second kappa shape index (κ2) is 7.20. The molecule has 4 rings (SSSR count). The number of methoxy groups -OCH3 is 1. The number of nitrogens with zero attached hydrogens (tertiary/aromatic N) is 2. The number of piperidine rings is 1. The lowest BCUT2D eigenvalue weighted by molar-refractivity contribution is -0.152. The van der Waals surface area contributed by atoms with E-state index in [2.05, 4.69) is 28.9 Å². The molecule has 3 aliphatic rings. The molecule has 1 saturated carbocycles. The number of benzene rings is 1. The van der Waals surface area contributed by atoms with Gasteiger partial charge in [0.1, 0.15) is 5.75 Å². The average molecular weight is 358 g/mol. The van der Waals surface area contributed by atoms with Crippen molar-refractivity contribution in [2.75, 3.05) is 39.9 Å². The van der Waals surface area contributed by atoms with Crippen molar-refractivity contribution in [3.63, 3.8) is 0 Å². The Hall–Kier alpha value is -1.59. The molecule has 26 heavy (non-hydrogen) atoms. The number of carbonyl (C=O) groups is 1. The highest BCUT2D eigenvalue weighted by Crippen LogP contribution is 2.40. The van der Waals surface area contributed by atoms with Crippen LogP contribution in [0.25, 0.3) is 0 Å². The Morgan fingerprint density at radius 2 is 2.08 bits per heavy atom. The maximum absolute atomic E-state index is 12.5. The van der Waals surface area contributed by atoms with E-state index in [0.29, 0.717) is 17.7 Å². The molecule has 1 aliphatic carbocycles. The molecule has 2 unspecified atom stereocenters. The van der Waals surface area contributed by atoms with Crippen LogP contribution in [0.4, 0.5) is 0 Å². The van der Waals surface area contributed by atoms with Gasteiger partial charge in [0.25, 0.3) is 0 Å². The summed E-state index contributed by atoms with van der Waals surface area (Å²) in [6, 6.07) is 8.30. The van der Waals surface area contributed by atoms with Gasteiger partial charge in [0.2, 0.25) is 5.91 Å². The van der Waals surface area contributed by atoms with Crippen molar-refractivity contribution in [3.05, 3.63) is 29.8 Å². The normalized spacial score (nSPS) is 28.2. The molecule has 2 saturated heterocycles. The third-order valence-corrected chi connectivity index (χ3v) is 6.28. The van der Waals surface area contributed by atoms with Crippen LogP contribution in [-0.2, 0) is 16.1 Å². The first-order chi connectivity index (χ1) is 12.6. The van der Waals surface area contributed by atoms with Crippen molar-refractivity contribution in [2.45, 2.75) is 38.3 Å². The Balaban J connectivity index is 1.34. The van der Waals surface area contributed by atoms with Gasteiger partial charge in [-0.05, 0) is 42.9 Å². The highest BCUT2D eigenvalue weighted by Gasteiger charge is 2.45. The Morgan fingerprint density at radius 1 is 1.31 bits per heavy atom. The second-order valence-corrected chi connectivity index (χ2v) is 8.24. The van der Waals surface area contributed by atoms with Crippen LogP contribution in [0.5, 0.6) is 5.75 Å². The number of amides is 1. The molecule has 1 amide bonds. The minimum Gasteiger partial charge on any atom is -0.497 e. The van der Waals surface area contributed by atoms with E-state index in [1.807, 2.05) is 12.1 Å². The fraction of sp³-hybridized carbons (Fsp3) is 0.667. The van der Waals surface area contributed by atoms with Crippen molar-refractivity contribution in [3.8, 4) is 5.75 Å². The molecule has 5 heteroatoms. The molecule has 0 aromatic heterocycles. The molecule has 1 aromatic carbocycles. The summed E-state index contributed by atoms with van der Waals surface area (Å²) in [6.07, 6.45) is 2.98. The fourth-order valence-electron chi connectivity index (χ4n) is 4.43. The van der Waals surface area contributed by atoms with E-state index in [1.54, 1.807) is 7.11 Å². The molecule has 3 fully saturated rings. The van der Waals surface area contributed by atoms with Crippen molar-refractivity contribution in [1.29, 1.82) is 0 Å². The van der Waals surface area contributed by atoms with E-state index >= 15 is 0 Å². The quantitative estimate of drug-likeness (QED) is 0.830. The zero-order valence-corrected chi connectivity index (χ0v) is 15.9. The minimum absolute atomic E-state index is 0.0803. The van der Waals surface area contributed by atoms with Crippen LogP contribution < -0.4 is 4.74 Å². The SMILES string of the molecule is COc1cccc(CN2CCOC3(CCN(C(=O)C4CC4C)CC3)C2)c1. The van der Waals surface area contributed by atoms with Crippen LogP contribution in [0.15, 0.2) is 24.3 Å². The van der Waals surface area contributed by atoms with Crippen LogP contribution in [0, 0.1) is 11.8 Å². The third-order valence-electron chi connectivity index (χ3n) is 6.28. The number of likely N-dealkylation sites (tertiary alicyclic amines) is 1. The van der Waals surface area contributed by atoms with Crippen LogP contribution in [0.2, 0.25) is 0 Å². The van der Waals surface area contributed by atoms with Crippen molar-refractivity contribution < 1.29 is 14.3 Å². The summed E-state index contributed by atoms with van der Waals surface area (Å²) < 4.78 is 11.6.